The summed E-state index contributed by atoms with van der Waals surface area (Å²) in [6.07, 6.45) is 0.409. The number of likely N-dealkylation sites (N-methyl/N-ethyl adjacent to an activating group) is 1. The van der Waals surface area contributed by atoms with Gasteiger partial charge < -0.3 is 19.5 Å². The topological polar surface area (TPSA) is 123 Å². The van der Waals surface area contributed by atoms with Gasteiger partial charge in [0.15, 0.2) is 20.8 Å². The summed E-state index contributed by atoms with van der Waals surface area (Å²) in [7, 11) is 0.353. The fourth-order valence-electron chi connectivity index (χ4n) is 3.38. The quantitative estimate of drug-likeness (QED) is 0.520. The van der Waals surface area contributed by atoms with E-state index < -0.39 is 9.84 Å². The Morgan fingerprint density at radius 1 is 1.28 bits per heavy atom. The zero-order valence-electron chi connectivity index (χ0n) is 18.3. The van der Waals surface area contributed by atoms with Gasteiger partial charge in [-0.25, -0.2) is 8.42 Å². The van der Waals surface area contributed by atoms with Gasteiger partial charge >= 0.3 is 0 Å². The van der Waals surface area contributed by atoms with Crippen LogP contribution in [0.5, 0.6) is 5.75 Å². The maximum absolute atomic E-state index is 12.6. The van der Waals surface area contributed by atoms with E-state index in [-0.39, 0.29) is 41.7 Å². The maximum Gasteiger partial charge on any atom is 0.239 e. The normalized spacial score (nSPS) is 17.2. The predicted octanol–water partition coefficient (Wildman–Crippen LogP) is 0.735. The van der Waals surface area contributed by atoms with Crippen LogP contribution in [0.2, 0.25) is 0 Å². The third-order valence-corrected chi connectivity index (χ3v) is 7.95. The van der Waals surface area contributed by atoms with E-state index in [1.165, 1.54) is 16.7 Å². The van der Waals surface area contributed by atoms with E-state index in [1.54, 1.807) is 14.0 Å². The first-order chi connectivity index (χ1) is 15.2. The van der Waals surface area contributed by atoms with Crippen LogP contribution >= 0.6 is 11.8 Å². The van der Waals surface area contributed by atoms with Gasteiger partial charge in [0, 0.05) is 25.2 Å². The molecule has 1 atom stereocenters. The Hall–Kier alpha value is -2.60. The maximum atomic E-state index is 12.6. The Bertz CT molecular complexity index is 1070. The van der Waals surface area contributed by atoms with Crippen LogP contribution < -0.4 is 10.1 Å². The van der Waals surface area contributed by atoms with Crippen molar-refractivity contribution < 1.29 is 22.7 Å². The lowest BCUT2D eigenvalue weighted by Crippen LogP contribution is -2.45. The van der Waals surface area contributed by atoms with E-state index in [0.29, 0.717) is 23.9 Å². The summed E-state index contributed by atoms with van der Waals surface area (Å²) >= 11 is 1.24. The van der Waals surface area contributed by atoms with E-state index in [2.05, 4.69) is 15.5 Å². The first-order valence-corrected chi connectivity index (χ1v) is 13.0. The van der Waals surface area contributed by atoms with E-state index in [1.807, 2.05) is 35.9 Å². The number of benzene rings is 1. The number of rotatable bonds is 9. The Labute approximate surface area is 191 Å². The molecule has 0 saturated carbocycles. The standard InChI is InChI=1S/C20H27N5O5S2/c1-4-25(11-17(26)21-15-9-10-32(28,29)13-15)18(27)12-31-20-23-22-19(24(20)2)14-5-7-16(30-3)8-6-14/h5-8,15H,4,9-13H2,1-3H3,(H,21,26). The lowest BCUT2D eigenvalue weighted by atomic mass is 10.2. The fourth-order valence-corrected chi connectivity index (χ4v) is 5.87. The highest BCUT2D eigenvalue weighted by Crippen LogP contribution is 2.24. The number of sulfone groups is 1. The van der Waals surface area contributed by atoms with Gasteiger partial charge in [0.25, 0.3) is 0 Å². The molecular weight excluding hydrogens is 454 g/mol. The van der Waals surface area contributed by atoms with Gasteiger partial charge in [0.1, 0.15) is 5.75 Å². The van der Waals surface area contributed by atoms with Gasteiger partial charge in [0.05, 0.1) is 30.9 Å². The van der Waals surface area contributed by atoms with Gasteiger partial charge in [0.2, 0.25) is 11.8 Å². The van der Waals surface area contributed by atoms with Crippen molar-refractivity contribution >= 4 is 33.4 Å². The number of amides is 2. The second-order valence-electron chi connectivity index (χ2n) is 7.46. The number of carbonyl (C=O) groups is 2. The molecule has 3 rings (SSSR count). The monoisotopic (exact) mass is 481 g/mol. The number of aromatic nitrogens is 3. The van der Waals surface area contributed by atoms with Crippen molar-refractivity contribution in [3.8, 4) is 17.1 Å². The molecule has 10 nitrogen and oxygen atoms in total. The molecule has 1 N–H and O–H groups in total. The first kappa shape index (κ1) is 24.1. The number of hydrogen-bond donors (Lipinski definition) is 1. The molecule has 1 unspecified atom stereocenters. The number of hydrogen-bond acceptors (Lipinski definition) is 8. The molecule has 2 aromatic rings. The van der Waals surface area contributed by atoms with Crippen LogP contribution in [-0.2, 0) is 26.5 Å². The number of nitrogens with zero attached hydrogens (tertiary/aromatic N) is 4. The Kier molecular flexibility index (Phi) is 7.77. The van der Waals surface area contributed by atoms with Crippen molar-refractivity contribution in [1.29, 1.82) is 0 Å². The Morgan fingerprint density at radius 3 is 2.59 bits per heavy atom. The van der Waals surface area contributed by atoms with Crippen molar-refractivity contribution in [2.45, 2.75) is 24.5 Å². The molecule has 1 aromatic carbocycles. The van der Waals surface area contributed by atoms with Gasteiger partial charge in [-0.2, -0.15) is 0 Å². The molecule has 32 heavy (non-hydrogen) atoms. The molecule has 12 heteroatoms. The molecule has 2 amide bonds. The summed E-state index contributed by atoms with van der Waals surface area (Å²) < 4.78 is 30.1. The first-order valence-electron chi connectivity index (χ1n) is 10.2. The molecule has 1 aliphatic heterocycles. The van der Waals surface area contributed by atoms with Gasteiger partial charge in [-0.3, -0.25) is 9.59 Å². The summed E-state index contributed by atoms with van der Waals surface area (Å²) in [4.78, 5) is 26.4. The Balaban J connectivity index is 1.54. The molecular formula is C20H27N5O5S2. The van der Waals surface area contributed by atoms with Gasteiger partial charge in [-0.05, 0) is 37.6 Å². The van der Waals surface area contributed by atoms with Crippen molar-refractivity contribution in [3.63, 3.8) is 0 Å². The lowest BCUT2D eigenvalue weighted by Gasteiger charge is -2.21. The smallest absolute Gasteiger partial charge is 0.239 e. The summed E-state index contributed by atoms with van der Waals surface area (Å²) in [6, 6.07) is 7.06. The van der Waals surface area contributed by atoms with Crippen LogP contribution in [0.4, 0.5) is 0 Å². The molecule has 0 aliphatic carbocycles. The number of nitrogens with one attached hydrogen (secondary N) is 1. The minimum Gasteiger partial charge on any atom is -0.497 e. The molecule has 2 heterocycles. The fraction of sp³-hybridized carbons (Fsp3) is 0.500. The van der Waals surface area contributed by atoms with Crippen LogP contribution in [0.15, 0.2) is 29.4 Å². The van der Waals surface area contributed by atoms with Crippen LogP contribution in [-0.4, -0.2) is 83.4 Å². The molecule has 1 aromatic heterocycles. The van der Waals surface area contributed by atoms with Crippen molar-refractivity contribution in [2.75, 3.05) is 37.5 Å². The van der Waals surface area contributed by atoms with Crippen molar-refractivity contribution in [2.24, 2.45) is 7.05 Å². The van der Waals surface area contributed by atoms with Crippen molar-refractivity contribution in [3.05, 3.63) is 24.3 Å². The van der Waals surface area contributed by atoms with Crippen LogP contribution in [0.25, 0.3) is 11.4 Å². The zero-order valence-corrected chi connectivity index (χ0v) is 19.9. The van der Waals surface area contributed by atoms with E-state index >= 15 is 0 Å². The van der Waals surface area contributed by atoms with E-state index in [0.717, 1.165) is 11.3 Å². The van der Waals surface area contributed by atoms with E-state index in [9.17, 15) is 18.0 Å². The molecule has 0 bridgehead atoms. The van der Waals surface area contributed by atoms with Crippen LogP contribution in [0, 0.1) is 0 Å². The SMILES string of the molecule is CCN(CC(=O)NC1CCS(=O)(=O)C1)C(=O)CSc1nnc(-c2ccc(OC)cc2)n1C. The highest BCUT2D eigenvalue weighted by atomic mass is 32.2. The number of methoxy groups -OCH3 is 1. The highest BCUT2D eigenvalue weighted by Gasteiger charge is 2.29. The summed E-state index contributed by atoms with van der Waals surface area (Å²) in [5.74, 6) is 0.996. The minimum atomic E-state index is -3.08. The summed E-state index contributed by atoms with van der Waals surface area (Å²) in [5.41, 5.74) is 0.875. The third kappa shape index (κ3) is 6.00. The van der Waals surface area contributed by atoms with Crippen LogP contribution in [0.1, 0.15) is 13.3 Å². The number of carbonyl (C=O) groups excluding carboxylic acids is 2. The van der Waals surface area contributed by atoms with Crippen molar-refractivity contribution in [1.82, 2.24) is 25.0 Å². The summed E-state index contributed by atoms with van der Waals surface area (Å²) in [6.45, 7) is 2.05. The molecule has 1 aliphatic rings. The molecule has 1 saturated heterocycles. The second-order valence-corrected chi connectivity index (χ2v) is 10.6. The third-order valence-electron chi connectivity index (χ3n) is 5.17. The van der Waals surface area contributed by atoms with Gasteiger partial charge in [-0.1, -0.05) is 11.8 Å². The second kappa shape index (κ2) is 10.3. The predicted molar refractivity (Wildman–Crippen MR) is 121 cm³/mol. The lowest BCUT2D eigenvalue weighted by molar-refractivity contribution is -0.134. The largest absolute Gasteiger partial charge is 0.497 e. The average Bonchev–Trinajstić information content (AvgIpc) is 3.31. The zero-order chi connectivity index (χ0) is 23.3. The molecule has 174 valence electrons. The van der Waals surface area contributed by atoms with Gasteiger partial charge in [-0.15, -0.1) is 10.2 Å². The average molecular weight is 482 g/mol. The number of ether oxygens (including phenoxy) is 1. The number of thioether (sulfide) groups is 1. The van der Waals surface area contributed by atoms with E-state index in [4.69, 9.17) is 4.74 Å². The Morgan fingerprint density at radius 2 is 2.00 bits per heavy atom. The molecule has 0 radical (unpaired) electrons. The summed E-state index contributed by atoms with van der Waals surface area (Å²) in [5, 5.41) is 11.7. The molecule has 1 fully saturated rings. The minimum absolute atomic E-state index is 0.0443. The highest BCUT2D eigenvalue weighted by molar-refractivity contribution is 7.99. The molecule has 0 spiro atoms. The van der Waals surface area contributed by atoms with Crippen LogP contribution in [0.3, 0.4) is 0 Å².